The first-order chi connectivity index (χ1) is 17.9. The van der Waals surface area contributed by atoms with Gasteiger partial charge in [-0.3, -0.25) is 19.8 Å². The van der Waals surface area contributed by atoms with E-state index in [-0.39, 0.29) is 23.7 Å². The number of carbonyl (C=O) groups excluding carboxylic acids is 1. The van der Waals surface area contributed by atoms with Crippen LogP contribution in [-0.2, 0) is 24.3 Å². The molecular formula is C28H31ClN4O3S. The second-order valence-electron chi connectivity index (χ2n) is 9.16. The molecule has 1 heterocycles. The zero-order valence-corrected chi connectivity index (χ0v) is 22.3. The molecule has 1 aliphatic heterocycles. The second kappa shape index (κ2) is 13.1. The summed E-state index contributed by atoms with van der Waals surface area (Å²) in [5.41, 5.74) is 3.23. The normalized spacial score (nSPS) is 17.6. The van der Waals surface area contributed by atoms with E-state index in [1.807, 2.05) is 24.3 Å². The lowest BCUT2D eigenvalue weighted by Crippen LogP contribution is -2.43. The molecule has 1 saturated heterocycles. The first-order valence-electron chi connectivity index (χ1n) is 12.3. The molecule has 37 heavy (non-hydrogen) atoms. The molecule has 0 saturated carbocycles. The maximum absolute atomic E-state index is 13.3. The molecule has 1 fully saturated rings. The van der Waals surface area contributed by atoms with Crippen LogP contribution in [0, 0.1) is 10.1 Å². The van der Waals surface area contributed by atoms with Gasteiger partial charge in [-0.15, -0.1) is 11.8 Å². The van der Waals surface area contributed by atoms with Crippen molar-refractivity contribution < 1.29 is 9.72 Å². The number of rotatable bonds is 11. The SMILES string of the molecule is CSc1ccc(CCNC(=O)[C@@H]2C[C@H](NCc3ccc([N+](=O)[O-])cc3)CN2Cc2ccccc2Cl)cc1. The van der Waals surface area contributed by atoms with E-state index in [0.717, 1.165) is 17.5 Å². The molecular weight excluding hydrogens is 508 g/mol. The van der Waals surface area contributed by atoms with Crippen molar-refractivity contribution in [1.82, 2.24) is 15.5 Å². The van der Waals surface area contributed by atoms with Gasteiger partial charge in [-0.2, -0.15) is 0 Å². The number of nitro groups is 1. The van der Waals surface area contributed by atoms with Crippen molar-refractivity contribution in [3.63, 3.8) is 0 Å². The summed E-state index contributed by atoms with van der Waals surface area (Å²) in [6, 6.07) is 22.5. The Morgan fingerprint density at radius 1 is 1.08 bits per heavy atom. The van der Waals surface area contributed by atoms with Gasteiger partial charge < -0.3 is 10.6 Å². The van der Waals surface area contributed by atoms with Crippen molar-refractivity contribution in [2.45, 2.75) is 42.9 Å². The Bertz CT molecular complexity index is 1210. The first kappa shape index (κ1) is 27.1. The van der Waals surface area contributed by atoms with Crippen molar-refractivity contribution in [1.29, 1.82) is 0 Å². The predicted molar refractivity (Wildman–Crippen MR) is 149 cm³/mol. The third kappa shape index (κ3) is 7.55. The number of halogens is 1. The number of nitrogens with one attached hydrogen (secondary N) is 2. The number of nitrogens with zero attached hydrogens (tertiary/aromatic N) is 2. The number of amides is 1. The van der Waals surface area contributed by atoms with E-state index >= 15 is 0 Å². The average Bonchev–Trinajstić information content (AvgIpc) is 3.32. The lowest BCUT2D eigenvalue weighted by atomic mass is 10.1. The van der Waals surface area contributed by atoms with E-state index in [4.69, 9.17) is 11.6 Å². The molecule has 2 atom stereocenters. The van der Waals surface area contributed by atoms with Crippen LogP contribution in [0.25, 0.3) is 0 Å². The molecule has 0 unspecified atom stereocenters. The fourth-order valence-corrected chi connectivity index (χ4v) is 5.19. The fourth-order valence-electron chi connectivity index (χ4n) is 4.58. The molecule has 7 nitrogen and oxygen atoms in total. The molecule has 4 rings (SSSR count). The number of nitro benzene ring substituents is 1. The van der Waals surface area contributed by atoms with E-state index in [9.17, 15) is 14.9 Å². The number of carbonyl (C=O) groups is 1. The molecule has 3 aromatic carbocycles. The molecule has 0 radical (unpaired) electrons. The molecule has 0 aliphatic carbocycles. The third-order valence-corrected chi connectivity index (χ3v) is 7.76. The van der Waals surface area contributed by atoms with Gasteiger partial charge >= 0.3 is 0 Å². The molecule has 1 amide bonds. The van der Waals surface area contributed by atoms with Crippen LogP contribution in [0.15, 0.2) is 77.7 Å². The van der Waals surface area contributed by atoms with Crippen molar-refractivity contribution in [2.75, 3.05) is 19.3 Å². The lowest BCUT2D eigenvalue weighted by Gasteiger charge is -2.24. The molecule has 9 heteroatoms. The summed E-state index contributed by atoms with van der Waals surface area (Å²) in [4.78, 5) is 27.2. The van der Waals surface area contributed by atoms with Crippen molar-refractivity contribution >= 4 is 35.0 Å². The molecule has 0 spiro atoms. The van der Waals surface area contributed by atoms with Gasteiger partial charge in [-0.25, -0.2) is 0 Å². The zero-order valence-electron chi connectivity index (χ0n) is 20.7. The Morgan fingerprint density at radius 2 is 1.78 bits per heavy atom. The van der Waals surface area contributed by atoms with Crippen molar-refractivity contribution in [3.05, 3.63) is 105 Å². The number of hydrogen-bond acceptors (Lipinski definition) is 6. The van der Waals surface area contributed by atoms with E-state index < -0.39 is 4.92 Å². The summed E-state index contributed by atoms with van der Waals surface area (Å²) in [6.07, 6.45) is 3.50. The highest BCUT2D eigenvalue weighted by Gasteiger charge is 2.36. The van der Waals surface area contributed by atoms with E-state index in [1.54, 1.807) is 23.9 Å². The van der Waals surface area contributed by atoms with Crippen LogP contribution in [-0.4, -0.2) is 47.2 Å². The standard InChI is InChI=1S/C28H31ClN4O3S/c1-37-25-12-8-20(9-13-25)14-15-30-28(34)27-16-23(19-32(27)18-22-4-2-3-5-26(22)29)31-17-21-6-10-24(11-7-21)33(35)36/h2-13,23,27,31H,14-19H2,1H3,(H,30,34)/t23-,27-/m0/s1. The topological polar surface area (TPSA) is 87.5 Å². The van der Waals surface area contributed by atoms with Gasteiger partial charge in [-0.1, -0.05) is 54.1 Å². The van der Waals surface area contributed by atoms with E-state index in [2.05, 4.69) is 46.1 Å². The molecule has 0 bridgehead atoms. The highest BCUT2D eigenvalue weighted by Crippen LogP contribution is 2.25. The van der Waals surface area contributed by atoms with E-state index in [1.165, 1.54) is 22.6 Å². The quantitative estimate of drug-likeness (QED) is 0.201. The summed E-state index contributed by atoms with van der Waals surface area (Å²) in [7, 11) is 0. The van der Waals surface area contributed by atoms with Crippen molar-refractivity contribution in [2.24, 2.45) is 0 Å². The van der Waals surface area contributed by atoms with Gasteiger partial charge in [0, 0.05) is 54.3 Å². The predicted octanol–water partition coefficient (Wildman–Crippen LogP) is 5.06. The number of hydrogen-bond donors (Lipinski definition) is 2. The van der Waals surface area contributed by atoms with Gasteiger partial charge in [0.05, 0.1) is 11.0 Å². The number of benzene rings is 3. The van der Waals surface area contributed by atoms with E-state index in [0.29, 0.717) is 37.6 Å². The van der Waals surface area contributed by atoms with Gasteiger partial charge in [0.1, 0.15) is 0 Å². The average molecular weight is 539 g/mol. The Labute approximate surface area is 226 Å². The summed E-state index contributed by atoms with van der Waals surface area (Å²) >= 11 is 8.13. The first-order valence-corrected chi connectivity index (χ1v) is 13.9. The van der Waals surface area contributed by atoms with Gasteiger partial charge in [0.2, 0.25) is 5.91 Å². The maximum Gasteiger partial charge on any atom is 0.269 e. The molecule has 2 N–H and O–H groups in total. The summed E-state index contributed by atoms with van der Waals surface area (Å²) in [5.74, 6) is 0.0208. The second-order valence-corrected chi connectivity index (χ2v) is 10.4. The zero-order chi connectivity index (χ0) is 26.2. The third-order valence-electron chi connectivity index (χ3n) is 6.65. The van der Waals surface area contributed by atoms with Crippen LogP contribution in [0.5, 0.6) is 0 Å². The van der Waals surface area contributed by atoms with Crippen LogP contribution >= 0.6 is 23.4 Å². The van der Waals surface area contributed by atoms with Gasteiger partial charge in [0.15, 0.2) is 0 Å². The highest BCUT2D eigenvalue weighted by atomic mass is 35.5. The van der Waals surface area contributed by atoms with Crippen LogP contribution < -0.4 is 10.6 Å². The summed E-state index contributed by atoms with van der Waals surface area (Å²) < 4.78 is 0. The van der Waals surface area contributed by atoms with Crippen LogP contribution in [0.1, 0.15) is 23.1 Å². The van der Waals surface area contributed by atoms with Gasteiger partial charge in [0.25, 0.3) is 5.69 Å². The number of non-ortho nitro benzene ring substituents is 1. The largest absolute Gasteiger partial charge is 0.354 e. The molecule has 0 aromatic heterocycles. The Morgan fingerprint density at radius 3 is 2.46 bits per heavy atom. The maximum atomic E-state index is 13.3. The summed E-state index contributed by atoms with van der Waals surface area (Å²) in [5, 5.41) is 18.3. The Kier molecular flexibility index (Phi) is 9.57. The summed E-state index contributed by atoms with van der Waals surface area (Å²) in [6.45, 7) is 2.44. The monoisotopic (exact) mass is 538 g/mol. The number of thioether (sulfide) groups is 1. The fraction of sp³-hybridized carbons (Fsp3) is 0.321. The smallest absolute Gasteiger partial charge is 0.269 e. The van der Waals surface area contributed by atoms with Crippen LogP contribution in [0.3, 0.4) is 0 Å². The minimum absolute atomic E-state index is 0.0208. The lowest BCUT2D eigenvalue weighted by molar-refractivity contribution is -0.384. The van der Waals surface area contributed by atoms with Crippen LogP contribution in [0.4, 0.5) is 5.69 Å². The van der Waals surface area contributed by atoms with Crippen molar-refractivity contribution in [3.8, 4) is 0 Å². The Hall–Kier alpha value is -2.91. The van der Waals surface area contributed by atoms with Crippen LogP contribution in [0.2, 0.25) is 5.02 Å². The highest BCUT2D eigenvalue weighted by molar-refractivity contribution is 7.98. The Balaban J connectivity index is 1.37. The number of likely N-dealkylation sites (tertiary alicyclic amines) is 1. The minimum Gasteiger partial charge on any atom is -0.354 e. The molecule has 1 aliphatic rings. The minimum atomic E-state index is -0.400. The van der Waals surface area contributed by atoms with Gasteiger partial charge in [-0.05, 0) is 54.0 Å². The molecule has 194 valence electrons. The molecule has 3 aromatic rings.